The van der Waals surface area contributed by atoms with Gasteiger partial charge in [0.05, 0.1) is 11.4 Å². The van der Waals surface area contributed by atoms with Crippen LogP contribution in [0.2, 0.25) is 0 Å². The molecule has 1 aromatic heterocycles. The number of aromatic nitrogens is 2. The van der Waals surface area contributed by atoms with Gasteiger partial charge >= 0.3 is 0 Å². The molecule has 104 valence electrons. The van der Waals surface area contributed by atoms with Crippen LogP contribution in [0.1, 0.15) is 26.5 Å². The van der Waals surface area contributed by atoms with E-state index in [0.29, 0.717) is 0 Å². The summed E-state index contributed by atoms with van der Waals surface area (Å²) in [5.74, 6) is -0.109. The van der Waals surface area contributed by atoms with Crippen molar-refractivity contribution >= 4 is 17.5 Å². The number of carbonyl (C=O) groups is 2. The molecule has 6 nitrogen and oxygen atoms in total. The van der Waals surface area contributed by atoms with Gasteiger partial charge in [0.1, 0.15) is 12.6 Å². The van der Waals surface area contributed by atoms with E-state index in [1.165, 1.54) is 0 Å². The summed E-state index contributed by atoms with van der Waals surface area (Å²) in [4.78, 5) is 25.8. The molecule has 2 rings (SSSR count). The first-order valence-electron chi connectivity index (χ1n) is 6.57. The summed E-state index contributed by atoms with van der Waals surface area (Å²) in [7, 11) is 1.82. The summed E-state index contributed by atoms with van der Waals surface area (Å²) in [6, 6.07) is -0.453. The van der Waals surface area contributed by atoms with Crippen molar-refractivity contribution in [2.75, 3.05) is 11.4 Å². The van der Waals surface area contributed by atoms with Crippen LogP contribution < -0.4 is 10.2 Å². The van der Waals surface area contributed by atoms with E-state index in [9.17, 15) is 9.59 Å². The van der Waals surface area contributed by atoms with Crippen molar-refractivity contribution in [2.24, 2.45) is 13.0 Å². The number of amides is 2. The summed E-state index contributed by atoms with van der Waals surface area (Å²) < 4.78 is 1.68. The number of hydrogen-bond acceptors (Lipinski definition) is 3. The third-order valence-electron chi connectivity index (χ3n) is 3.33. The van der Waals surface area contributed by atoms with Gasteiger partial charge in [0.15, 0.2) is 0 Å². The molecule has 6 heteroatoms. The minimum absolute atomic E-state index is 0.0581. The Hall–Kier alpha value is -1.85. The van der Waals surface area contributed by atoms with Gasteiger partial charge in [0.2, 0.25) is 11.8 Å². The third-order valence-corrected chi connectivity index (χ3v) is 3.33. The Balaban J connectivity index is 2.36. The van der Waals surface area contributed by atoms with E-state index in [2.05, 4.69) is 10.4 Å². The first-order valence-corrected chi connectivity index (χ1v) is 6.57. The minimum Gasteiger partial charge on any atom is -0.342 e. The first-order chi connectivity index (χ1) is 8.93. The molecular weight excluding hydrogens is 244 g/mol. The normalized spacial score (nSPS) is 20.1. The van der Waals surface area contributed by atoms with Crippen LogP contribution in [0.15, 0.2) is 6.20 Å². The van der Waals surface area contributed by atoms with Crippen molar-refractivity contribution in [3.8, 4) is 0 Å². The molecular formula is C13H20N4O2. The highest BCUT2D eigenvalue weighted by atomic mass is 16.2. The van der Waals surface area contributed by atoms with E-state index in [0.717, 1.165) is 17.8 Å². The lowest BCUT2D eigenvalue weighted by Gasteiger charge is -2.34. The van der Waals surface area contributed by atoms with Crippen molar-refractivity contribution in [1.29, 1.82) is 0 Å². The molecule has 0 radical (unpaired) electrons. The van der Waals surface area contributed by atoms with E-state index in [1.807, 2.05) is 27.8 Å². The number of piperazine rings is 1. The van der Waals surface area contributed by atoms with Gasteiger partial charge in [-0.05, 0) is 12.3 Å². The maximum absolute atomic E-state index is 12.5. The SMILES string of the molecule is CCc1nn(C)cc1N1CC(=O)NC(C(C)C)C1=O. The molecule has 2 amide bonds. The van der Waals surface area contributed by atoms with Crippen molar-refractivity contribution in [3.63, 3.8) is 0 Å². The van der Waals surface area contributed by atoms with E-state index < -0.39 is 6.04 Å². The molecule has 1 fully saturated rings. The number of rotatable bonds is 3. The van der Waals surface area contributed by atoms with Gasteiger partial charge in [-0.2, -0.15) is 5.10 Å². The zero-order valence-corrected chi connectivity index (χ0v) is 11.8. The number of aryl methyl sites for hydroxylation is 2. The Morgan fingerprint density at radius 3 is 2.74 bits per heavy atom. The lowest BCUT2D eigenvalue weighted by molar-refractivity contribution is -0.132. The summed E-state index contributed by atoms with van der Waals surface area (Å²) in [6.07, 6.45) is 2.53. The van der Waals surface area contributed by atoms with Crippen LogP contribution in [-0.4, -0.2) is 34.2 Å². The smallest absolute Gasteiger partial charge is 0.250 e. The van der Waals surface area contributed by atoms with Crippen molar-refractivity contribution in [1.82, 2.24) is 15.1 Å². The molecule has 0 spiro atoms. The Kier molecular flexibility index (Phi) is 3.59. The van der Waals surface area contributed by atoms with Crippen LogP contribution in [0, 0.1) is 5.92 Å². The molecule has 1 unspecified atom stereocenters. The fourth-order valence-corrected chi connectivity index (χ4v) is 2.33. The van der Waals surface area contributed by atoms with Gasteiger partial charge in [-0.3, -0.25) is 19.2 Å². The summed E-state index contributed by atoms with van der Waals surface area (Å²) in [6.45, 7) is 5.91. The molecule has 1 saturated heterocycles. The molecule has 19 heavy (non-hydrogen) atoms. The monoisotopic (exact) mass is 264 g/mol. The van der Waals surface area contributed by atoms with Gasteiger partial charge in [0, 0.05) is 13.2 Å². The van der Waals surface area contributed by atoms with E-state index in [1.54, 1.807) is 15.8 Å². The Bertz CT molecular complexity index is 507. The zero-order chi connectivity index (χ0) is 14.2. The number of carbonyl (C=O) groups excluding carboxylic acids is 2. The standard InChI is InChI=1S/C13H20N4O2/c1-5-9-10(6-16(4)15-9)17-7-11(18)14-12(8(2)3)13(17)19/h6,8,12H,5,7H2,1-4H3,(H,14,18). The summed E-state index contributed by atoms with van der Waals surface area (Å²) in [5, 5.41) is 7.08. The second-order valence-corrected chi connectivity index (χ2v) is 5.20. The lowest BCUT2D eigenvalue weighted by atomic mass is 10.0. The minimum atomic E-state index is -0.453. The average Bonchev–Trinajstić information content (AvgIpc) is 2.72. The van der Waals surface area contributed by atoms with Gasteiger partial charge in [-0.25, -0.2) is 0 Å². The predicted molar refractivity (Wildman–Crippen MR) is 71.7 cm³/mol. The van der Waals surface area contributed by atoms with Crippen LogP contribution in [0.4, 0.5) is 5.69 Å². The van der Waals surface area contributed by atoms with Gasteiger partial charge in [-0.15, -0.1) is 0 Å². The molecule has 0 aliphatic carbocycles. The van der Waals surface area contributed by atoms with Gasteiger partial charge in [-0.1, -0.05) is 20.8 Å². The number of anilines is 1. The largest absolute Gasteiger partial charge is 0.342 e. The van der Waals surface area contributed by atoms with Crippen LogP contribution >= 0.6 is 0 Å². The summed E-state index contributed by atoms with van der Waals surface area (Å²) >= 11 is 0. The lowest BCUT2D eigenvalue weighted by Crippen LogP contribution is -2.60. The summed E-state index contributed by atoms with van der Waals surface area (Å²) in [5.41, 5.74) is 1.59. The van der Waals surface area contributed by atoms with Crippen LogP contribution in [0.25, 0.3) is 0 Å². The highest BCUT2D eigenvalue weighted by Crippen LogP contribution is 2.23. The topological polar surface area (TPSA) is 67.2 Å². The Labute approximate surface area is 112 Å². The van der Waals surface area contributed by atoms with E-state index >= 15 is 0 Å². The first kappa shape index (κ1) is 13.6. The zero-order valence-electron chi connectivity index (χ0n) is 11.8. The predicted octanol–water partition coefficient (Wildman–Crippen LogP) is 0.470. The molecule has 0 bridgehead atoms. The molecule has 1 N–H and O–H groups in total. The molecule has 1 aliphatic heterocycles. The highest BCUT2D eigenvalue weighted by Gasteiger charge is 2.36. The van der Waals surface area contributed by atoms with E-state index in [4.69, 9.17) is 0 Å². The molecule has 0 aromatic carbocycles. The number of nitrogens with zero attached hydrogens (tertiary/aromatic N) is 3. The van der Waals surface area contributed by atoms with Crippen LogP contribution in [0.3, 0.4) is 0 Å². The molecule has 0 saturated carbocycles. The Morgan fingerprint density at radius 2 is 2.16 bits per heavy atom. The second kappa shape index (κ2) is 5.03. The second-order valence-electron chi connectivity index (χ2n) is 5.20. The van der Waals surface area contributed by atoms with Crippen LogP contribution in [0.5, 0.6) is 0 Å². The van der Waals surface area contributed by atoms with Crippen molar-refractivity contribution in [2.45, 2.75) is 33.2 Å². The maximum Gasteiger partial charge on any atom is 0.250 e. The Morgan fingerprint density at radius 1 is 1.47 bits per heavy atom. The molecule has 1 aromatic rings. The highest BCUT2D eigenvalue weighted by molar-refractivity contribution is 6.06. The van der Waals surface area contributed by atoms with Gasteiger partial charge < -0.3 is 5.32 Å². The van der Waals surface area contributed by atoms with Crippen molar-refractivity contribution in [3.05, 3.63) is 11.9 Å². The molecule has 2 heterocycles. The average molecular weight is 264 g/mol. The molecule has 1 atom stereocenters. The van der Waals surface area contributed by atoms with E-state index in [-0.39, 0.29) is 24.3 Å². The number of nitrogens with one attached hydrogen (secondary N) is 1. The van der Waals surface area contributed by atoms with Crippen LogP contribution in [-0.2, 0) is 23.1 Å². The quantitative estimate of drug-likeness (QED) is 0.863. The molecule has 1 aliphatic rings. The number of hydrogen-bond donors (Lipinski definition) is 1. The van der Waals surface area contributed by atoms with Gasteiger partial charge in [0.25, 0.3) is 0 Å². The third kappa shape index (κ3) is 2.47. The maximum atomic E-state index is 12.5. The van der Waals surface area contributed by atoms with Crippen molar-refractivity contribution < 1.29 is 9.59 Å². The fraction of sp³-hybridized carbons (Fsp3) is 0.615. The fourth-order valence-electron chi connectivity index (χ4n) is 2.33.